The lowest BCUT2D eigenvalue weighted by Gasteiger charge is -2.09. The maximum absolute atomic E-state index is 10.3. The van der Waals surface area contributed by atoms with Gasteiger partial charge in [0.15, 0.2) is 5.13 Å². The molecule has 3 rings (SSSR count). The molecule has 0 fully saturated rings. The van der Waals surface area contributed by atoms with Crippen molar-refractivity contribution in [1.82, 2.24) is 9.97 Å². The highest BCUT2D eigenvalue weighted by Crippen LogP contribution is 2.37. The Labute approximate surface area is 142 Å². The van der Waals surface area contributed by atoms with Crippen LogP contribution in [0.25, 0.3) is 22.3 Å². The molecule has 0 bridgehead atoms. The molecule has 0 spiro atoms. The Morgan fingerprint density at radius 3 is 2.74 bits per heavy atom. The van der Waals surface area contributed by atoms with Crippen LogP contribution in [0.4, 0.5) is 5.13 Å². The summed E-state index contributed by atoms with van der Waals surface area (Å²) in [5, 5.41) is 17.2. The van der Waals surface area contributed by atoms with E-state index in [0.717, 1.165) is 5.13 Å². The van der Waals surface area contributed by atoms with Gasteiger partial charge in [-0.1, -0.05) is 11.6 Å². The lowest BCUT2D eigenvalue weighted by atomic mass is 10.1. The molecule has 2 heterocycles. The number of anilines is 1. The molecule has 0 saturated heterocycles. The smallest absolute Gasteiger partial charge is 0.183 e. The number of hydrogen-bond acceptors (Lipinski definition) is 6. The number of pyridine rings is 1. The number of thiazole rings is 1. The summed E-state index contributed by atoms with van der Waals surface area (Å²) in [6.45, 7) is 4.10. The minimum Gasteiger partial charge on any atom is -0.507 e. The third-order valence-electron chi connectivity index (χ3n) is 3.26. The molecule has 0 aliphatic carbocycles. The van der Waals surface area contributed by atoms with Gasteiger partial charge in [0.1, 0.15) is 22.2 Å². The molecular formula is C16H16ClN3O2S. The molecule has 3 aromatic rings. The van der Waals surface area contributed by atoms with Crippen LogP contribution >= 0.6 is 22.9 Å². The molecule has 1 aromatic carbocycles. The van der Waals surface area contributed by atoms with Gasteiger partial charge in [0.2, 0.25) is 0 Å². The Kier molecular flexibility index (Phi) is 4.28. The van der Waals surface area contributed by atoms with Crippen molar-refractivity contribution in [2.24, 2.45) is 0 Å². The number of halogens is 1. The van der Waals surface area contributed by atoms with Crippen molar-refractivity contribution in [3.63, 3.8) is 0 Å². The number of methoxy groups -OCH3 is 1. The van der Waals surface area contributed by atoms with E-state index < -0.39 is 0 Å². The first kappa shape index (κ1) is 15.8. The highest BCUT2D eigenvalue weighted by molar-refractivity contribution is 7.14. The maximum Gasteiger partial charge on any atom is 0.183 e. The average molecular weight is 350 g/mol. The largest absolute Gasteiger partial charge is 0.507 e. The second-order valence-corrected chi connectivity index (χ2v) is 6.58. The minimum absolute atomic E-state index is 0.112. The van der Waals surface area contributed by atoms with Crippen LogP contribution in [0, 0.1) is 0 Å². The summed E-state index contributed by atoms with van der Waals surface area (Å²) in [5.74, 6) is 0.629. The van der Waals surface area contributed by atoms with Gasteiger partial charge >= 0.3 is 0 Å². The second kappa shape index (κ2) is 6.22. The predicted molar refractivity (Wildman–Crippen MR) is 94.8 cm³/mol. The van der Waals surface area contributed by atoms with Gasteiger partial charge in [-0.15, -0.1) is 11.3 Å². The molecule has 0 saturated carbocycles. The van der Waals surface area contributed by atoms with Crippen molar-refractivity contribution < 1.29 is 9.84 Å². The Morgan fingerprint density at radius 1 is 1.26 bits per heavy atom. The maximum atomic E-state index is 10.3. The van der Waals surface area contributed by atoms with Crippen LogP contribution in [0.1, 0.15) is 13.8 Å². The molecule has 2 N–H and O–H groups in total. The Bertz CT molecular complexity index is 864. The predicted octanol–water partition coefficient (Wildman–Crippen LogP) is 4.55. The van der Waals surface area contributed by atoms with Gasteiger partial charge in [0.25, 0.3) is 0 Å². The van der Waals surface area contributed by atoms with Crippen molar-refractivity contribution in [2.45, 2.75) is 19.9 Å². The first-order valence-electron chi connectivity index (χ1n) is 7.08. The van der Waals surface area contributed by atoms with Gasteiger partial charge in [-0.2, -0.15) is 0 Å². The van der Waals surface area contributed by atoms with E-state index in [2.05, 4.69) is 15.3 Å². The molecule has 0 unspecified atom stereocenters. The first-order valence-corrected chi connectivity index (χ1v) is 8.34. The summed E-state index contributed by atoms with van der Waals surface area (Å²) < 4.78 is 5.21. The van der Waals surface area contributed by atoms with Crippen LogP contribution in [-0.4, -0.2) is 28.2 Å². The summed E-state index contributed by atoms with van der Waals surface area (Å²) >= 11 is 7.81. The van der Waals surface area contributed by atoms with Crippen molar-refractivity contribution in [2.75, 3.05) is 12.4 Å². The second-order valence-electron chi connectivity index (χ2n) is 5.34. The number of nitrogens with zero attached hydrogens (tertiary/aromatic N) is 2. The van der Waals surface area contributed by atoms with Crippen molar-refractivity contribution in [3.05, 3.63) is 28.6 Å². The van der Waals surface area contributed by atoms with E-state index in [4.69, 9.17) is 16.3 Å². The van der Waals surface area contributed by atoms with Crippen LogP contribution in [0.3, 0.4) is 0 Å². The quantitative estimate of drug-likeness (QED) is 0.723. The third-order valence-corrected chi connectivity index (χ3v) is 4.40. The number of aromatic hydroxyl groups is 1. The van der Waals surface area contributed by atoms with E-state index in [1.807, 2.05) is 19.2 Å². The zero-order valence-electron chi connectivity index (χ0n) is 12.9. The standard InChI is InChI=1S/C16H16ClN3O2S/c1-8(2)18-16-20-11(7-23-16)10-6-12(21)9-4-5-13(22-3)14(17)15(9)19-10/h4-8H,1-3H3,(H,18,20)(H,19,21). The monoisotopic (exact) mass is 349 g/mol. The summed E-state index contributed by atoms with van der Waals surface area (Å²) in [4.78, 5) is 9.05. The summed E-state index contributed by atoms with van der Waals surface area (Å²) in [5.41, 5.74) is 1.75. The average Bonchev–Trinajstić information content (AvgIpc) is 2.96. The van der Waals surface area contributed by atoms with Crippen LogP contribution in [0.2, 0.25) is 5.02 Å². The van der Waals surface area contributed by atoms with E-state index in [9.17, 15) is 5.11 Å². The Hall–Kier alpha value is -2.05. The van der Waals surface area contributed by atoms with E-state index in [1.165, 1.54) is 11.3 Å². The fraction of sp³-hybridized carbons (Fsp3) is 0.250. The SMILES string of the molecule is COc1ccc2c(O)cc(-c3csc(NC(C)C)n3)nc2c1Cl. The van der Waals surface area contributed by atoms with Gasteiger partial charge in [0, 0.05) is 22.9 Å². The molecule has 0 atom stereocenters. The lowest BCUT2D eigenvalue weighted by molar-refractivity contribution is 0.415. The van der Waals surface area contributed by atoms with E-state index in [0.29, 0.717) is 39.1 Å². The van der Waals surface area contributed by atoms with Crippen LogP contribution in [0.5, 0.6) is 11.5 Å². The lowest BCUT2D eigenvalue weighted by Crippen LogP contribution is -2.09. The Morgan fingerprint density at radius 2 is 2.04 bits per heavy atom. The molecule has 2 aromatic heterocycles. The van der Waals surface area contributed by atoms with Crippen LogP contribution in [-0.2, 0) is 0 Å². The summed E-state index contributed by atoms with van der Waals surface area (Å²) in [6.07, 6.45) is 0. The van der Waals surface area contributed by atoms with Gasteiger partial charge in [-0.25, -0.2) is 9.97 Å². The normalized spacial score (nSPS) is 11.2. The molecule has 0 amide bonds. The highest BCUT2D eigenvalue weighted by Gasteiger charge is 2.14. The zero-order valence-corrected chi connectivity index (χ0v) is 14.5. The summed E-state index contributed by atoms with van der Waals surface area (Å²) in [7, 11) is 1.54. The molecule has 0 aliphatic rings. The van der Waals surface area contributed by atoms with E-state index >= 15 is 0 Å². The van der Waals surface area contributed by atoms with Crippen LogP contribution < -0.4 is 10.1 Å². The molecule has 5 nitrogen and oxygen atoms in total. The minimum atomic E-state index is 0.112. The fourth-order valence-electron chi connectivity index (χ4n) is 2.22. The van der Waals surface area contributed by atoms with Crippen LogP contribution in [0.15, 0.2) is 23.6 Å². The number of fused-ring (bicyclic) bond motifs is 1. The first-order chi connectivity index (χ1) is 11.0. The number of ether oxygens (including phenoxy) is 1. The van der Waals surface area contributed by atoms with E-state index in [-0.39, 0.29) is 5.75 Å². The number of benzene rings is 1. The molecule has 23 heavy (non-hydrogen) atoms. The topological polar surface area (TPSA) is 67.3 Å². The molecular weight excluding hydrogens is 334 g/mol. The number of aromatic nitrogens is 2. The molecule has 0 aliphatic heterocycles. The van der Waals surface area contributed by atoms with E-state index in [1.54, 1.807) is 25.3 Å². The highest BCUT2D eigenvalue weighted by atomic mass is 35.5. The van der Waals surface area contributed by atoms with Gasteiger partial charge in [0.05, 0.1) is 18.3 Å². The number of nitrogens with one attached hydrogen (secondary N) is 1. The van der Waals surface area contributed by atoms with Gasteiger partial charge < -0.3 is 15.2 Å². The molecule has 0 radical (unpaired) electrons. The van der Waals surface area contributed by atoms with Crippen molar-refractivity contribution >= 4 is 39.0 Å². The number of hydrogen-bond donors (Lipinski definition) is 2. The van der Waals surface area contributed by atoms with Gasteiger partial charge in [-0.3, -0.25) is 0 Å². The van der Waals surface area contributed by atoms with Crippen molar-refractivity contribution in [1.29, 1.82) is 0 Å². The zero-order chi connectivity index (χ0) is 16.6. The molecule has 120 valence electrons. The fourth-order valence-corrected chi connectivity index (χ4v) is 3.35. The number of rotatable bonds is 4. The summed E-state index contributed by atoms with van der Waals surface area (Å²) in [6, 6.07) is 5.34. The Balaban J connectivity index is 2.11. The van der Waals surface area contributed by atoms with Gasteiger partial charge in [-0.05, 0) is 26.0 Å². The molecule has 7 heteroatoms. The third kappa shape index (κ3) is 3.04. The van der Waals surface area contributed by atoms with Crippen molar-refractivity contribution in [3.8, 4) is 22.9 Å².